The third kappa shape index (κ3) is 4.92. The highest BCUT2D eigenvalue weighted by molar-refractivity contribution is 5.91. The highest BCUT2D eigenvalue weighted by Crippen LogP contribution is 2.25. The summed E-state index contributed by atoms with van der Waals surface area (Å²) in [7, 11) is 0. The Hall–Kier alpha value is -3.13. The second-order valence-corrected chi connectivity index (χ2v) is 5.98. The van der Waals surface area contributed by atoms with Gasteiger partial charge in [-0.05, 0) is 24.5 Å². The molecule has 0 saturated carbocycles. The number of amides is 2. The number of hydrogen-bond donors (Lipinski definition) is 2. The first kappa shape index (κ1) is 18.2. The molecule has 0 fully saturated rings. The van der Waals surface area contributed by atoms with Gasteiger partial charge in [-0.1, -0.05) is 60.7 Å². The van der Waals surface area contributed by atoms with Gasteiger partial charge in [-0.3, -0.25) is 9.59 Å². The molecule has 2 amide bonds. The Labute approximate surface area is 147 Å². The molecule has 0 aliphatic rings. The Morgan fingerprint density at radius 3 is 1.92 bits per heavy atom. The van der Waals surface area contributed by atoms with Crippen LogP contribution in [0.4, 0.5) is 0 Å². The third-order valence-electron chi connectivity index (χ3n) is 4.00. The Morgan fingerprint density at radius 1 is 1.04 bits per heavy atom. The predicted octanol–water partition coefficient (Wildman–Crippen LogP) is 2.34. The van der Waals surface area contributed by atoms with Gasteiger partial charge in [0.15, 0.2) is 0 Å². The van der Waals surface area contributed by atoms with Crippen molar-refractivity contribution in [3.63, 3.8) is 0 Å². The second-order valence-electron chi connectivity index (χ2n) is 5.98. The Bertz CT molecular complexity index is 714. The van der Waals surface area contributed by atoms with E-state index < -0.39 is 17.9 Å². The average Bonchev–Trinajstić information content (AvgIpc) is 2.63. The average molecular weight is 335 g/mol. The molecule has 0 spiro atoms. The zero-order valence-electron chi connectivity index (χ0n) is 14.1. The maximum absolute atomic E-state index is 12.9. The van der Waals surface area contributed by atoms with Crippen LogP contribution in [0.5, 0.6) is 0 Å². The molecule has 2 rings (SSSR count). The van der Waals surface area contributed by atoms with E-state index in [2.05, 4.69) is 11.4 Å². The summed E-state index contributed by atoms with van der Waals surface area (Å²) in [4.78, 5) is 24.6. The topological polar surface area (TPSA) is 96.0 Å². The lowest BCUT2D eigenvalue weighted by Crippen LogP contribution is -2.47. The monoisotopic (exact) mass is 335 g/mol. The minimum atomic E-state index is -0.878. The molecule has 0 aliphatic carbocycles. The minimum Gasteiger partial charge on any atom is -0.368 e. The number of nitrogens with zero attached hydrogens (tertiary/aromatic N) is 1. The fraction of sp³-hybridized carbons (Fsp3) is 0.250. The maximum Gasteiger partial charge on any atom is 0.240 e. The van der Waals surface area contributed by atoms with Gasteiger partial charge in [-0.2, -0.15) is 5.26 Å². The lowest BCUT2D eigenvalue weighted by atomic mass is 9.90. The van der Waals surface area contributed by atoms with Crippen molar-refractivity contribution in [1.82, 2.24) is 5.32 Å². The summed E-state index contributed by atoms with van der Waals surface area (Å²) in [6.45, 7) is 1.69. The summed E-state index contributed by atoms with van der Waals surface area (Å²) >= 11 is 0. The normalized spacial score (nSPS) is 12.8. The first-order valence-corrected chi connectivity index (χ1v) is 8.12. The molecule has 128 valence electrons. The molecule has 0 heterocycles. The summed E-state index contributed by atoms with van der Waals surface area (Å²) in [6, 6.07) is 19.9. The van der Waals surface area contributed by atoms with Crippen molar-refractivity contribution < 1.29 is 9.59 Å². The molecule has 0 aliphatic heterocycles. The number of nitriles is 1. The number of hydrogen-bond acceptors (Lipinski definition) is 3. The molecule has 2 aromatic rings. The highest BCUT2D eigenvalue weighted by Gasteiger charge is 2.27. The Balaban J connectivity index is 2.29. The molecule has 2 atom stereocenters. The van der Waals surface area contributed by atoms with E-state index in [1.54, 1.807) is 6.92 Å². The van der Waals surface area contributed by atoms with Crippen LogP contribution in [0, 0.1) is 17.2 Å². The number of benzene rings is 2. The molecule has 0 aromatic heterocycles. The van der Waals surface area contributed by atoms with Crippen LogP contribution in [-0.4, -0.2) is 17.9 Å². The Morgan fingerprint density at radius 2 is 1.52 bits per heavy atom. The van der Waals surface area contributed by atoms with Crippen LogP contribution in [0.15, 0.2) is 60.7 Å². The fourth-order valence-electron chi connectivity index (χ4n) is 2.69. The number of carbonyl (C=O) groups is 2. The molecular weight excluding hydrogens is 314 g/mol. The van der Waals surface area contributed by atoms with Crippen molar-refractivity contribution in [1.29, 1.82) is 5.26 Å². The van der Waals surface area contributed by atoms with Gasteiger partial charge >= 0.3 is 0 Å². The second kappa shape index (κ2) is 8.65. The number of primary amides is 1. The summed E-state index contributed by atoms with van der Waals surface area (Å²) in [5.41, 5.74) is 7.05. The van der Waals surface area contributed by atoms with Crippen molar-refractivity contribution in [3.8, 4) is 6.07 Å². The van der Waals surface area contributed by atoms with E-state index in [4.69, 9.17) is 11.0 Å². The van der Waals surface area contributed by atoms with Crippen LogP contribution >= 0.6 is 0 Å². The number of nitrogens with one attached hydrogen (secondary N) is 1. The summed E-state index contributed by atoms with van der Waals surface area (Å²) < 4.78 is 0. The molecule has 2 aromatic carbocycles. The summed E-state index contributed by atoms with van der Waals surface area (Å²) in [6.07, 6.45) is 0.188. The van der Waals surface area contributed by atoms with Crippen molar-refractivity contribution >= 4 is 11.8 Å². The lowest BCUT2D eigenvalue weighted by molar-refractivity contribution is -0.128. The molecule has 3 N–H and O–H groups in total. The summed E-state index contributed by atoms with van der Waals surface area (Å²) in [5.74, 6) is -1.90. The fourth-order valence-corrected chi connectivity index (χ4v) is 2.69. The van der Waals surface area contributed by atoms with Gasteiger partial charge in [0.1, 0.15) is 6.04 Å². The SMILES string of the molecule is C[C@@H](C#N)C[C@H](NC(=O)C(c1ccccc1)c1ccccc1)C(N)=O. The number of nitrogens with two attached hydrogens (primary N) is 1. The largest absolute Gasteiger partial charge is 0.368 e. The van der Waals surface area contributed by atoms with Gasteiger partial charge in [0.25, 0.3) is 0 Å². The van der Waals surface area contributed by atoms with E-state index >= 15 is 0 Å². The van der Waals surface area contributed by atoms with E-state index in [0.29, 0.717) is 0 Å². The smallest absolute Gasteiger partial charge is 0.240 e. The molecule has 5 nitrogen and oxygen atoms in total. The lowest BCUT2D eigenvalue weighted by Gasteiger charge is -2.22. The first-order chi connectivity index (χ1) is 12.0. The van der Waals surface area contributed by atoms with Gasteiger partial charge in [-0.25, -0.2) is 0 Å². The molecule has 0 unspecified atom stereocenters. The van der Waals surface area contributed by atoms with Crippen LogP contribution in [0.25, 0.3) is 0 Å². The van der Waals surface area contributed by atoms with Gasteiger partial charge < -0.3 is 11.1 Å². The quantitative estimate of drug-likeness (QED) is 0.813. The molecule has 0 saturated heterocycles. The maximum atomic E-state index is 12.9. The van der Waals surface area contributed by atoms with Crippen LogP contribution in [0.1, 0.15) is 30.4 Å². The molecular formula is C20H21N3O2. The van der Waals surface area contributed by atoms with E-state index in [9.17, 15) is 9.59 Å². The highest BCUT2D eigenvalue weighted by atomic mass is 16.2. The van der Waals surface area contributed by atoms with Crippen LogP contribution in [0.3, 0.4) is 0 Å². The van der Waals surface area contributed by atoms with Crippen molar-refractivity contribution in [2.45, 2.75) is 25.3 Å². The van der Waals surface area contributed by atoms with E-state index in [1.807, 2.05) is 60.7 Å². The standard InChI is InChI=1S/C20H21N3O2/c1-14(13-21)12-17(19(22)24)23-20(25)18(15-8-4-2-5-9-15)16-10-6-3-7-11-16/h2-11,14,17-18H,12H2,1H3,(H2,22,24)(H,23,25)/t14-,17+/m1/s1. The summed E-state index contributed by atoms with van der Waals surface area (Å²) in [5, 5.41) is 11.7. The molecule has 5 heteroatoms. The molecule has 0 radical (unpaired) electrons. The van der Waals surface area contributed by atoms with E-state index in [-0.39, 0.29) is 18.2 Å². The van der Waals surface area contributed by atoms with Gasteiger partial charge in [0.05, 0.1) is 12.0 Å². The van der Waals surface area contributed by atoms with Crippen molar-refractivity contribution in [2.24, 2.45) is 11.7 Å². The van der Waals surface area contributed by atoms with Crippen molar-refractivity contribution in [3.05, 3.63) is 71.8 Å². The minimum absolute atomic E-state index is 0.188. The van der Waals surface area contributed by atoms with Gasteiger partial charge in [-0.15, -0.1) is 0 Å². The molecule has 25 heavy (non-hydrogen) atoms. The molecule has 0 bridgehead atoms. The van der Waals surface area contributed by atoms with Crippen LogP contribution in [0.2, 0.25) is 0 Å². The van der Waals surface area contributed by atoms with Gasteiger partial charge in [0.2, 0.25) is 11.8 Å². The third-order valence-corrected chi connectivity index (χ3v) is 4.00. The van der Waals surface area contributed by atoms with E-state index in [1.165, 1.54) is 0 Å². The van der Waals surface area contributed by atoms with Crippen LogP contribution < -0.4 is 11.1 Å². The zero-order valence-corrected chi connectivity index (χ0v) is 14.1. The van der Waals surface area contributed by atoms with Gasteiger partial charge in [0, 0.05) is 5.92 Å². The number of rotatable bonds is 7. The van der Waals surface area contributed by atoms with Crippen LogP contribution in [-0.2, 0) is 9.59 Å². The van der Waals surface area contributed by atoms with Crippen molar-refractivity contribution in [2.75, 3.05) is 0 Å². The Kier molecular flexibility index (Phi) is 6.30. The van der Waals surface area contributed by atoms with E-state index in [0.717, 1.165) is 11.1 Å². The zero-order chi connectivity index (χ0) is 18.2. The predicted molar refractivity (Wildman–Crippen MR) is 95.2 cm³/mol. The number of carbonyl (C=O) groups excluding carboxylic acids is 2. The first-order valence-electron chi connectivity index (χ1n) is 8.12.